The quantitative estimate of drug-likeness (QED) is 0.706. The number of nitrogens with one attached hydrogen (secondary N) is 2. The molecule has 160 valence electrons. The standard InChI is InChI=1S/C24H31N3O3/c1-17(2)20-9-7-11-22(15-20)30-18(3)23(28)25-16-19-8-6-10-21(14-19)26-24(29)27-12-4-5-13-27/h6-11,14-15,17-18H,4-5,12-13,16H2,1-3H3,(H,25,28)(H,26,29). The number of rotatable bonds is 7. The van der Waals surface area contributed by atoms with Crippen LogP contribution in [0.4, 0.5) is 10.5 Å². The molecule has 2 aromatic rings. The second-order valence-electron chi connectivity index (χ2n) is 8.03. The van der Waals surface area contributed by atoms with Crippen molar-refractivity contribution in [1.82, 2.24) is 10.2 Å². The van der Waals surface area contributed by atoms with E-state index in [2.05, 4.69) is 30.5 Å². The van der Waals surface area contributed by atoms with Crippen molar-refractivity contribution in [2.24, 2.45) is 0 Å². The van der Waals surface area contributed by atoms with E-state index in [1.807, 2.05) is 47.4 Å². The summed E-state index contributed by atoms with van der Waals surface area (Å²) in [6, 6.07) is 15.3. The third-order valence-electron chi connectivity index (χ3n) is 5.25. The van der Waals surface area contributed by atoms with Crippen LogP contribution in [0.15, 0.2) is 48.5 Å². The van der Waals surface area contributed by atoms with Crippen LogP contribution in [0.25, 0.3) is 0 Å². The molecule has 0 aromatic heterocycles. The maximum atomic E-state index is 12.5. The number of hydrogen-bond acceptors (Lipinski definition) is 3. The topological polar surface area (TPSA) is 70.7 Å². The molecule has 3 rings (SSSR count). The number of carbonyl (C=O) groups is 2. The molecule has 1 aliphatic rings. The Morgan fingerprint density at radius 3 is 2.50 bits per heavy atom. The number of amides is 3. The second kappa shape index (κ2) is 10.1. The molecule has 0 aliphatic carbocycles. The maximum Gasteiger partial charge on any atom is 0.321 e. The van der Waals surface area contributed by atoms with Gasteiger partial charge in [0.2, 0.25) is 0 Å². The van der Waals surface area contributed by atoms with Gasteiger partial charge in [0, 0.05) is 25.3 Å². The van der Waals surface area contributed by atoms with Gasteiger partial charge < -0.3 is 20.3 Å². The second-order valence-corrected chi connectivity index (χ2v) is 8.03. The van der Waals surface area contributed by atoms with E-state index >= 15 is 0 Å². The molecule has 6 heteroatoms. The van der Waals surface area contributed by atoms with Crippen molar-refractivity contribution in [3.8, 4) is 5.75 Å². The predicted octanol–water partition coefficient (Wildman–Crippen LogP) is 4.52. The fraction of sp³-hybridized carbons (Fsp3) is 0.417. The Hall–Kier alpha value is -3.02. The van der Waals surface area contributed by atoms with Crippen LogP contribution in [0.3, 0.4) is 0 Å². The molecule has 3 amide bonds. The highest BCUT2D eigenvalue weighted by Crippen LogP contribution is 2.21. The zero-order valence-electron chi connectivity index (χ0n) is 18.0. The molecular formula is C24H31N3O3. The number of carbonyl (C=O) groups excluding carboxylic acids is 2. The van der Waals surface area contributed by atoms with Gasteiger partial charge in [0.1, 0.15) is 5.75 Å². The average Bonchev–Trinajstić information content (AvgIpc) is 3.27. The summed E-state index contributed by atoms with van der Waals surface area (Å²) < 4.78 is 5.81. The van der Waals surface area contributed by atoms with Gasteiger partial charge in [-0.2, -0.15) is 0 Å². The van der Waals surface area contributed by atoms with Crippen molar-refractivity contribution in [2.45, 2.75) is 52.2 Å². The third kappa shape index (κ3) is 5.99. The summed E-state index contributed by atoms with van der Waals surface area (Å²) in [6.07, 6.45) is 1.51. The lowest BCUT2D eigenvalue weighted by Crippen LogP contribution is -2.36. The van der Waals surface area contributed by atoms with Gasteiger partial charge in [-0.1, -0.05) is 38.1 Å². The number of benzene rings is 2. The summed E-state index contributed by atoms with van der Waals surface area (Å²) in [6.45, 7) is 7.96. The van der Waals surface area contributed by atoms with Crippen LogP contribution < -0.4 is 15.4 Å². The van der Waals surface area contributed by atoms with Gasteiger partial charge >= 0.3 is 6.03 Å². The molecule has 2 N–H and O–H groups in total. The fourth-order valence-corrected chi connectivity index (χ4v) is 3.42. The number of likely N-dealkylation sites (tertiary alicyclic amines) is 1. The van der Waals surface area contributed by atoms with E-state index in [0.717, 1.165) is 37.2 Å². The zero-order valence-corrected chi connectivity index (χ0v) is 18.0. The van der Waals surface area contributed by atoms with E-state index < -0.39 is 6.10 Å². The minimum Gasteiger partial charge on any atom is -0.481 e. The summed E-state index contributed by atoms with van der Waals surface area (Å²) in [5, 5.41) is 5.84. The van der Waals surface area contributed by atoms with Gasteiger partial charge in [0.05, 0.1) is 0 Å². The van der Waals surface area contributed by atoms with Crippen LogP contribution in [0, 0.1) is 0 Å². The summed E-state index contributed by atoms with van der Waals surface area (Å²) in [7, 11) is 0. The highest BCUT2D eigenvalue weighted by atomic mass is 16.5. The number of hydrogen-bond donors (Lipinski definition) is 2. The smallest absolute Gasteiger partial charge is 0.321 e. The van der Waals surface area contributed by atoms with Gasteiger partial charge in [-0.3, -0.25) is 4.79 Å². The minimum atomic E-state index is -0.606. The molecule has 2 aromatic carbocycles. The van der Waals surface area contributed by atoms with Crippen molar-refractivity contribution in [1.29, 1.82) is 0 Å². The fourth-order valence-electron chi connectivity index (χ4n) is 3.42. The zero-order chi connectivity index (χ0) is 21.5. The SMILES string of the molecule is CC(Oc1cccc(C(C)C)c1)C(=O)NCc1cccc(NC(=O)N2CCCC2)c1. The molecule has 30 heavy (non-hydrogen) atoms. The van der Waals surface area contributed by atoms with Gasteiger partial charge in [-0.05, 0) is 61.1 Å². The van der Waals surface area contributed by atoms with Crippen molar-refractivity contribution < 1.29 is 14.3 Å². The molecule has 1 unspecified atom stereocenters. The molecule has 1 heterocycles. The molecule has 0 saturated carbocycles. The molecular weight excluding hydrogens is 378 g/mol. The van der Waals surface area contributed by atoms with Crippen LogP contribution >= 0.6 is 0 Å². The maximum absolute atomic E-state index is 12.5. The van der Waals surface area contributed by atoms with E-state index in [1.54, 1.807) is 6.92 Å². The first-order valence-electron chi connectivity index (χ1n) is 10.6. The summed E-state index contributed by atoms with van der Waals surface area (Å²) in [5.74, 6) is 0.905. The van der Waals surface area contributed by atoms with E-state index in [9.17, 15) is 9.59 Å². The Morgan fingerprint density at radius 1 is 1.03 bits per heavy atom. The molecule has 6 nitrogen and oxygen atoms in total. The molecule has 1 saturated heterocycles. The first kappa shape index (κ1) is 21.7. The normalized spacial score (nSPS) is 14.5. The highest BCUT2D eigenvalue weighted by Gasteiger charge is 2.18. The van der Waals surface area contributed by atoms with Crippen LogP contribution in [-0.4, -0.2) is 36.0 Å². The first-order valence-corrected chi connectivity index (χ1v) is 10.6. The predicted molar refractivity (Wildman–Crippen MR) is 119 cm³/mol. The number of nitrogens with zero attached hydrogens (tertiary/aromatic N) is 1. The van der Waals surface area contributed by atoms with Crippen molar-refractivity contribution in [2.75, 3.05) is 18.4 Å². The average molecular weight is 410 g/mol. The van der Waals surface area contributed by atoms with Crippen molar-refractivity contribution >= 4 is 17.6 Å². The number of urea groups is 1. The molecule has 0 radical (unpaired) electrons. The van der Waals surface area contributed by atoms with E-state index in [1.165, 1.54) is 5.56 Å². The van der Waals surface area contributed by atoms with Crippen LogP contribution in [-0.2, 0) is 11.3 Å². The van der Waals surface area contributed by atoms with Crippen LogP contribution in [0.5, 0.6) is 5.75 Å². The Labute approximate surface area is 178 Å². The van der Waals surface area contributed by atoms with Crippen LogP contribution in [0.2, 0.25) is 0 Å². The number of ether oxygens (including phenoxy) is 1. The molecule has 1 aliphatic heterocycles. The lowest BCUT2D eigenvalue weighted by Gasteiger charge is -2.17. The lowest BCUT2D eigenvalue weighted by atomic mass is 10.0. The van der Waals surface area contributed by atoms with Crippen molar-refractivity contribution in [3.05, 3.63) is 59.7 Å². The van der Waals surface area contributed by atoms with Gasteiger partial charge in [-0.15, -0.1) is 0 Å². The molecule has 1 fully saturated rings. The minimum absolute atomic E-state index is 0.0701. The Balaban J connectivity index is 1.51. The summed E-state index contributed by atoms with van der Waals surface area (Å²) >= 11 is 0. The third-order valence-corrected chi connectivity index (χ3v) is 5.25. The van der Waals surface area contributed by atoms with Gasteiger partial charge in [-0.25, -0.2) is 4.79 Å². The van der Waals surface area contributed by atoms with E-state index in [-0.39, 0.29) is 11.9 Å². The monoisotopic (exact) mass is 409 g/mol. The first-order chi connectivity index (χ1) is 14.4. The van der Waals surface area contributed by atoms with Gasteiger partial charge in [0.15, 0.2) is 6.10 Å². The molecule has 0 spiro atoms. The summed E-state index contributed by atoms with van der Waals surface area (Å²) in [5.41, 5.74) is 2.82. The van der Waals surface area contributed by atoms with E-state index in [0.29, 0.717) is 18.2 Å². The van der Waals surface area contributed by atoms with E-state index in [4.69, 9.17) is 4.74 Å². The highest BCUT2D eigenvalue weighted by molar-refractivity contribution is 5.89. The lowest BCUT2D eigenvalue weighted by molar-refractivity contribution is -0.127. The molecule has 1 atom stereocenters. The van der Waals surface area contributed by atoms with Gasteiger partial charge in [0.25, 0.3) is 5.91 Å². The summed E-state index contributed by atoms with van der Waals surface area (Å²) in [4.78, 5) is 26.5. The van der Waals surface area contributed by atoms with Crippen molar-refractivity contribution in [3.63, 3.8) is 0 Å². The largest absolute Gasteiger partial charge is 0.481 e. The Morgan fingerprint density at radius 2 is 1.77 bits per heavy atom. The molecule has 0 bridgehead atoms. The number of anilines is 1. The van der Waals surface area contributed by atoms with Crippen LogP contribution in [0.1, 0.15) is 50.7 Å². The Bertz CT molecular complexity index is 876. The Kier molecular flexibility index (Phi) is 7.33.